The molecule has 3 N–H and O–H groups in total. The topological polar surface area (TPSA) is 95.6 Å². The molecule has 158 valence electrons. The van der Waals surface area contributed by atoms with Crippen molar-refractivity contribution in [1.29, 1.82) is 0 Å². The average Bonchev–Trinajstić information content (AvgIpc) is 3.16. The molecule has 2 unspecified atom stereocenters. The summed E-state index contributed by atoms with van der Waals surface area (Å²) < 4.78 is 0. The number of benzene rings is 1. The number of nitrogens with zero attached hydrogens (tertiary/aromatic N) is 3. The molecule has 8 heteroatoms. The molecule has 0 spiro atoms. The Morgan fingerprint density at radius 2 is 1.87 bits per heavy atom. The Morgan fingerprint density at radius 3 is 2.60 bits per heavy atom. The Morgan fingerprint density at radius 1 is 1.13 bits per heavy atom. The zero-order valence-electron chi connectivity index (χ0n) is 17.5. The molecule has 1 aromatic carbocycles. The molecule has 0 saturated heterocycles. The van der Waals surface area contributed by atoms with E-state index in [0.29, 0.717) is 17.0 Å². The van der Waals surface area contributed by atoms with E-state index in [1.54, 1.807) is 6.33 Å². The van der Waals surface area contributed by atoms with Crippen molar-refractivity contribution in [2.24, 2.45) is 0 Å². The number of aromatic amines is 1. The number of aromatic nitrogens is 4. The summed E-state index contributed by atoms with van der Waals surface area (Å²) in [5, 5.41) is 6.82. The van der Waals surface area contributed by atoms with Gasteiger partial charge in [-0.2, -0.15) is 9.97 Å². The van der Waals surface area contributed by atoms with Crippen LogP contribution in [0, 0.1) is 0 Å². The highest BCUT2D eigenvalue weighted by atomic mass is 35.5. The third kappa shape index (κ3) is 4.56. The predicted molar refractivity (Wildman–Crippen MR) is 119 cm³/mol. The van der Waals surface area contributed by atoms with Crippen LogP contribution in [-0.4, -0.2) is 37.9 Å². The van der Waals surface area contributed by atoms with Crippen LogP contribution in [0.2, 0.25) is 5.28 Å². The minimum atomic E-state index is -0.0258. The molecular weight excluding hydrogens is 400 g/mol. The predicted octanol–water partition coefficient (Wildman–Crippen LogP) is 4.46. The second kappa shape index (κ2) is 8.22. The molecule has 1 saturated carbocycles. The van der Waals surface area contributed by atoms with Crippen LogP contribution in [0.25, 0.3) is 11.2 Å². The van der Waals surface area contributed by atoms with Gasteiger partial charge in [0.15, 0.2) is 11.5 Å². The third-order valence-corrected chi connectivity index (χ3v) is 5.79. The summed E-state index contributed by atoms with van der Waals surface area (Å²) in [6.07, 6.45) is 5.40. The van der Waals surface area contributed by atoms with E-state index in [0.717, 1.165) is 31.2 Å². The number of rotatable bonds is 4. The first-order valence-corrected chi connectivity index (χ1v) is 10.7. The normalized spacial score (nSPS) is 19.6. The Hall–Kier alpha value is -2.67. The molecule has 4 rings (SSSR count). The molecular formula is C22H27ClN6O. The second-order valence-corrected chi connectivity index (χ2v) is 9.29. The number of amides is 1. The third-order valence-electron chi connectivity index (χ3n) is 5.62. The minimum absolute atomic E-state index is 0.0258. The fraction of sp³-hybridized carbons (Fsp3) is 0.455. The molecule has 1 aliphatic carbocycles. The van der Waals surface area contributed by atoms with Crippen LogP contribution in [0.3, 0.4) is 0 Å². The van der Waals surface area contributed by atoms with E-state index in [2.05, 4.69) is 51.3 Å². The number of H-pyrrole nitrogens is 1. The van der Waals surface area contributed by atoms with Crippen molar-refractivity contribution < 1.29 is 4.79 Å². The number of hydrogen-bond acceptors (Lipinski definition) is 5. The molecule has 0 radical (unpaired) electrons. The zero-order valence-corrected chi connectivity index (χ0v) is 18.3. The van der Waals surface area contributed by atoms with Crippen molar-refractivity contribution in [3.63, 3.8) is 0 Å². The summed E-state index contributed by atoms with van der Waals surface area (Å²) >= 11 is 6.03. The van der Waals surface area contributed by atoms with Crippen LogP contribution in [0.1, 0.15) is 62.4 Å². The number of nitrogens with one attached hydrogen (secondary N) is 3. The van der Waals surface area contributed by atoms with Crippen LogP contribution in [0.5, 0.6) is 0 Å². The van der Waals surface area contributed by atoms with E-state index in [1.165, 1.54) is 5.56 Å². The van der Waals surface area contributed by atoms with Crippen LogP contribution >= 0.6 is 11.6 Å². The summed E-state index contributed by atoms with van der Waals surface area (Å²) in [6.45, 7) is 6.50. The van der Waals surface area contributed by atoms with Gasteiger partial charge in [0, 0.05) is 17.6 Å². The standard InChI is InChI=1S/C22H27ClN6O/c1-22(2,3)14-9-7-13(8-10-14)20(30)27-16-6-4-5-15(11-16)26-19-17-18(25-12-24-17)28-21(23)29-19/h7-10,12,15-16H,4-6,11H2,1-3H3,(H,27,30)(H2,24,25,26,28,29). The van der Waals surface area contributed by atoms with Crippen molar-refractivity contribution in [2.75, 3.05) is 5.32 Å². The van der Waals surface area contributed by atoms with Crippen molar-refractivity contribution in [3.8, 4) is 0 Å². The lowest BCUT2D eigenvalue weighted by Gasteiger charge is -2.30. The van der Waals surface area contributed by atoms with E-state index >= 15 is 0 Å². The van der Waals surface area contributed by atoms with Crippen LogP contribution < -0.4 is 10.6 Å². The molecule has 1 fully saturated rings. The molecule has 3 aromatic rings. The van der Waals surface area contributed by atoms with Gasteiger partial charge in [0.2, 0.25) is 5.28 Å². The summed E-state index contributed by atoms with van der Waals surface area (Å²) in [6, 6.07) is 8.19. The number of imidazole rings is 1. The van der Waals surface area contributed by atoms with Crippen LogP contribution in [0.4, 0.5) is 5.82 Å². The van der Waals surface area contributed by atoms with Crippen LogP contribution in [-0.2, 0) is 5.41 Å². The fourth-order valence-corrected chi connectivity index (χ4v) is 4.11. The van der Waals surface area contributed by atoms with Crippen molar-refractivity contribution in [2.45, 2.75) is 64.0 Å². The maximum absolute atomic E-state index is 12.7. The van der Waals surface area contributed by atoms with Crippen molar-refractivity contribution >= 4 is 34.5 Å². The van der Waals surface area contributed by atoms with Gasteiger partial charge in [-0.15, -0.1) is 0 Å². The first kappa shape index (κ1) is 20.6. The molecule has 30 heavy (non-hydrogen) atoms. The molecule has 0 bridgehead atoms. The lowest BCUT2D eigenvalue weighted by Crippen LogP contribution is -2.42. The zero-order chi connectivity index (χ0) is 21.3. The van der Waals surface area contributed by atoms with Gasteiger partial charge >= 0.3 is 0 Å². The van der Waals surface area contributed by atoms with Gasteiger partial charge in [-0.25, -0.2) is 4.98 Å². The second-order valence-electron chi connectivity index (χ2n) is 8.95. The van der Waals surface area contributed by atoms with E-state index in [9.17, 15) is 4.79 Å². The first-order chi connectivity index (χ1) is 14.3. The highest BCUT2D eigenvalue weighted by Crippen LogP contribution is 2.26. The van der Waals surface area contributed by atoms with Crippen molar-refractivity contribution in [3.05, 3.63) is 47.0 Å². The Bertz CT molecular complexity index is 1040. The fourth-order valence-electron chi connectivity index (χ4n) is 3.95. The molecule has 2 aromatic heterocycles. The average molecular weight is 427 g/mol. The number of hydrogen-bond donors (Lipinski definition) is 3. The lowest BCUT2D eigenvalue weighted by atomic mass is 9.86. The Labute approximate surface area is 181 Å². The van der Waals surface area contributed by atoms with Crippen molar-refractivity contribution in [1.82, 2.24) is 25.3 Å². The molecule has 0 aliphatic heterocycles. The highest BCUT2D eigenvalue weighted by Gasteiger charge is 2.25. The largest absolute Gasteiger partial charge is 0.365 e. The lowest BCUT2D eigenvalue weighted by molar-refractivity contribution is 0.0926. The summed E-state index contributed by atoms with van der Waals surface area (Å²) in [5.74, 6) is 0.624. The van der Waals surface area contributed by atoms with Gasteiger partial charge in [-0.1, -0.05) is 32.9 Å². The maximum atomic E-state index is 12.7. The van der Waals surface area contributed by atoms with Gasteiger partial charge in [-0.3, -0.25) is 4.79 Å². The minimum Gasteiger partial charge on any atom is -0.365 e. The number of fused-ring (bicyclic) bond motifs is 1. The van der Waals surface area contributed by atoms with E-state index in [1.807, 2.05) is 24.3 Å². The molecule has 1 aliphatic rings. The molecule has 7 nitrogen and oxygen atoms in total. The maximum Gasteiger partial charge on any atom is 0.251 e. The SMILES string of the molecule is CC(C)(C)c1ccc(C(=O)NC2CCCC(Nc3nc(Cl)nc4nc[nH]c34)C2)cc1. The Balaban J connectivity index is 1.40. The van der Waals surface area contributed by atoms with E-state index in [-0.39, 0.29) is 28.7 Å². The number of carbonyl (C=O) groups excluding carboxylic acids is 1. The van der Waals surface area contributed by atoms with Crippen LogP contribution in [0.15, 0.2) is 30.6 Å². The number of carbonyl (C=O) groups is 1. The highest BCUT2D eigenvalue weighted by molar-refractivity contribution is 6.28. The number of halogens is 1. The monoisotopic (exact) mass is 426 g/mol. The quantitative estimate of drug-likeness (QED) is 0.535. The van der Waals surface area contributed by atoms with Gasteiger partial charge in [0.25, 0.3) is 5.91 Å². The number of anilines is 1. The first-order valence-electron chi connectivity index (χ1n) is 10.3. The van der Waals surface area contributed by atoms with E-state index in [4.69, 9.17) is 11.6 Å². The summed E-state index contributed by atoms with van der Waals surface area (Å²) in [5.41, 5.74) is 3.26. The summed E-state index contributed by atoms with van der Waals surface area (Å²) in [4.78, 5) is 28.4. The molecule has 1 amide bonds. The smallest absolute Gasteiger partial charge is 0.251 e. The molecule has 2 heterocycles. The molecule has 2 atom stereocenters. The van der Waals surface area contributed by atoms with Gasteiger partial charge in [0.1, 0.15) is 5.52 Å². The van der Waals surface area contributed by atoms with Gasteiger partial charge < -0.3 is 15.6 Å². The Kier molecular flexibility index (Phi) is 5.64. The van der Waals surface area contributed by atoms with Gasteiger partial charge in [0.05, 0.1) is 6.33 Å². The van der Waals surface area contributed by atoms with Gasteiger partial charge in [-0.05, 0) is 60.4 Å². The summed E-state index contributed by atoms with van der Waals surface area (Å²) in [7, 11) is 0. The van der Waals surface area contributed by atoms with E-state index < -0.39 is 0 Å².